The molecule has 0 saturated heterocycles. The lowest BCUT2D eigenvalue weighted by molar-refractivity contribution is 0.0946. The fraction of sp³-hybridized carbons (Fsp3) is 0.261. The second-order valence-corrected chi connectivity index (χ2v) is 7.05. The third-order valence-electron chi connectivity index (χ3n) is 5.27. The van der Waals surface area contributed by atoms with Gasteiger partial charge in [-0.1, -0.05) is 25.1 Å². The molecule has 0 bridgehead atoms. The minimum absolute atomic E-state index is 0.0232. The SMILES string of the molecule is CCCOc1ccc(-c2c3c(cc4ccc5c(c24)OCO5)C(=O)NCC3)cc1. The van der Waals surface area contributed by atoms with Gasteiger partial charge in [-0.3, -0.25) is 4.79 Å². The van der Waals surface area contributed by atoms with Crippen molar-refractivity contribution in [3.63, 3.8) is 0 Å². The number of amides is 1. The van der Waals surface area contributed by atoms with Gasteiger partial charge >= 0.3 is 0 Å². The topological polar surface area (TPSA) is 56.8 Å². The number of benzene rings is 3. The van der Waals surface area contributed by atoms with E-state index in [0.717, 1.165) is 63.1 Å². The van der Waals surface area contributed by atoms with Crippen LogP contribution in [0.15, 0.2) is 42.5 Å². The van der Waals surface area contributed by atoms with Gasteiger partial charge in [-0.05, 0) is 59.2 Å². The molecule has 2 aliphatic heterocycles. The number of hydrogen-bond donors (Lipinski definition) is 1. The molecule has 1 N–H and O–H groups in total. The molecule has 0 aliphatic carbocycles. The van der Waals surface area contributed by atoms with Crippen molar-refractivity contribution >= 4 is 16.7 Å². The van der Waals surface area contributed by atoms with E-state index < -0.39 is 0 Å². The normalized spacial score (nSPS) is 14.7. The molecule has 0 radical (unpaired) electrons. The largest absolute Gasteiger partial charge is 0.494 e. The molecule has 142 valence electrons. The smallest absolute Gasteiger partial charge is 0.251 e. The highest BCUT2D eigenvalue weighted by Crippen LogP contribution is 2.46. The molecule has 2 aliphatic rings. The summed E-state index contributed by atoms with van der Waals surface area (Å²) < 4.78 is 17.2. The van der Waals surface area contributed by atoms with E-state index in [-0.39, 0.29) is 12.7 Å². The molecule has 0 spiro atoms. The van der Waals surface area contributed by atoms with E-state index in [1.807, 2.05) is 30.3 Å². The van der Waals surface area contributed by atoms with Gasteiger partial charge in [0.1, 0.15) is 5.75 Å². The predicted molar refractivity (Wildman–Crippen MR) is 107 cm³/mol. The minimum atomic E-state index is -0.0232. The second-order valence-electron chi connectivity index (χ2n) is 7.05. The van der Waals surface area contributed by atoms with Crippen molar-refractivity contribution < 1.29 is 19.0 Å². The summed E-state index contributed by atoms with van der Waals surface area (Å²) in [4.78, 5) is 12.5. The molecule has 28 heavy (non-hydrogen) atoms. The molecule has 3 aromatic carbocycles. The van der Waals surface area contributed by atoms with Crippen LogP contribution >= 0.6 is 0 Å². The third-order valence-corrected chi connectivity index (χ3v) is 5.27. The molecule has 0 aromatic heterocycles. The lowest BCUT2D eigenvalue weighted by Crippen LogP contribution is -2.32. The van der Waals surface area contributed by atoms with Crippen molar-refractivity contribution in [2.45, 2.75) is 19.8 Å². The van der Waals surface area contributed by atoms with Crippen molar-refractivity contribution in [1.29, 1.82) is 0 Å². The Morgan fingerprint density at radius 1 is 1.11 bits per heavy atom. The van der Waals surface area contributed by atoms with Crippen LogP contribution in [0.4, 0.5) is 0 Å². The van der Waals surface area contributed by atoms with Gasteiger partial charge in [0, 0.05) is 17.5 Å². The van der Waals surface area contributed by atoms with E-state index in [9.17, 15) is 4.79 Å². The fourth-order valence-electron chi connectivity index (χ4n) is 4.01. The lowest BCUT2D eigenvalue weighted by atomic mass is 9.86. The monoisotopic (exact) mass is 375 g/mol. The van der Waals surface area contributed by atoms with E-state index in [4.69, 9.17) is 14.2 Å². The molecule has 3 aromatic rings. The molecular formula is C23H21NO4. The third kappa shape index (κ3) is 2.66. The van der Waals surface area contributed by atoms with Crippen molar-refractivity contribution in [2.75, 3.05) is 19.9 Å². The Hall–Kier alpha value is -3.21. The predicted octanol–water partition coefficient (Wildman–Crippen LogP) is 4.31. The van der Waals surface area contributed by atoms with Crippen LogP contribution < -0.4 is 19.5 Å². The first-order chi connectivity index (χ1) is 13.8. The molecule has 0 unspecified atom stereocenters. The van der Waals surface area contributed by atoms with Crippen LogP contribution in [-0.4, -0.2) is 25.9 Å². The van der Waals surface area contributed by atoms with Crippen molar-refractivity contribution in [1.82, 2.24) is 5.32 Å². The van der Waals surface area contributed by atoms with Gasteiger partial charge in [0.05, 0.1) is 6.61 Å². The number of ether oxygens (including phenoxy) is 3. The first kappa shape index (κ1) is 16.9. The Labute approximate surface area is 163 Å². The second kappa shape index (κ2) is 6.75. The van der Waals surface area contributed by atoms with Crippen LogP contribution in [0.25, 0.3) is 21.9 Å². The Kier molecular flexibility index (Phi) is 4.08. The summed E-state index contributed by atoms with van der Waals surface area (Å²) in [7, 11) is 0. The number of nitrogens with one attached hydrogen (secondary N) is 1. The van der Waals surface area contributed by atoms with E-state index in [2.05, 4.69) is 24.4 Å². The molecule has 5 nitrogen and oxygen atoms in total. The van der Waals surface area contributed by atoms with Gasteiger partial charge in [-0.15, -0.1) is 0 Å². The fourth-order valence-corrected chi connectivity index (χ4v) is 4.01. The van der Waals surface area contributed by atoms with Gasteiger partial charge in [-0.25, -0.2) is 0 Å². The van der Waals surface area contributed by atoms with Crippen LogP contribution in [0.3, 0.4) is 0 Å². The van der Waals surface area contributed by atoms with Crippen LogP contribution in [0.2, 0.25) is 0 Å². The maximum atomic E-state index is 12.5. The number of fused-ring (bicyclic) bond motifs is 4. The van der Waals surface area contributed by atoms with Crippen LogP contribution in [0.5, 0.6) is 17.2 Å². The Bertz CT molecular complexity index is 1070. The quantitative estimate of drug-likeness (QED) is 0.738. The minimum Gasteiger partial charge on any atom is -0.494 e. The van der Waals surface area contributed by atoms with Gasteiger partial charge in [0.15, 0.2) is 11.5 Å². The van der Waals surface area contributed by atoms with Gasteiger partial charge in [0.2, 0.25) is 6.79 Å². The van der Waals surface area contributed by atoms with Crippen molar-refractivity contribution in [2.24, 2.45) is 0 Å². The number of carbonyl (C=O) groups is 1. The summed E-state index contributed by atoms with van der Waals surface area (Å²) in [5.74, 6) is 2.33. The molecule has 0 atom stereocenters. The van der Waals surface area contributed by atoms with Crippen LogP contribution in [-0.2, 0) is 6.42 Å². The summed E-state index contributed by atoms with van der Waals surface area (Å²) in [6, 6.07) is 13.9. The number of hydrogen-bond acceptors (Lipinski definition) is 4. The molecule has 0 fully saturated rings. The highest BCUT2D eigenvalue weighted by atomic mass is 16.7. The molecule has 1 amide bonds. The standard InChI is InChI=1S/C23H21NO4/c1-2-11-26-16-6-3-14(4-7-16)20-17-9-10-24-23(25)18(17)12-15-5-8-19-22(21(15)20)28-13-27-19/h3-8,12H,2,9-11,13H2,1H3,(H,24,25). The highest BCUT2D eigenvalue weighted by Gasteiger charge is 2.27. The maximum absolute atomic E-state index is 12.5. The molecule has 5 rings (SSSR count). The van der Waals surface area contributed by atoms with Gasteiger partial charge in [0.25, 0.3) is 5.91 Å². The lowest BCUT2D eigenvalue weighted by Gasteiger charge is -2.23. The maximum Gasteiger partial charge on any atom is 0.251 e. The van der Waals surface area contributed by atoms with E-state index in [1.165, 1.54) is 0 Å². The van der Waals surface area contributed by atoms with Crippen LogP contribution in [0, 0.1) is 0 Å². The van der Waals surface area contributed by atoms with E-state index in [0.29, 0.717) is 13.2 Å². The zero-order valence-corrected chi connectivity index (χ0v) is 15.7. The zero-order chi connectivity index (χ0) is 19.1. The molecule has 2 heterocycles. The van der Waals surface area contributed by atoms with Crippen molar-refractivity contribution in [3.05, 3.63) is 53.6 Å². The average molecular weight is 375 g/mol. The molecule has 5 heteroatoms. The number of rotatable bonds is 4. The number of carbonyl (C=O) groups excluding carboxylic acids is 1. The molecule has 0 saturated carbocycles. The first-order valence-electron chi connectivity index (χ1n) is 9.66. The Morgan fingerprint density at radius 3 is 2.79 bits per heavy atom. The van der Waals surface area contributed by atoms with Crippen LogP contribution in [0.1, 0.15) is 29.3 Å². The van der Waals surface area contributed by atoms with E-state index >= 15 is 0 Å². The van der Waals surface area contributed by atoms with Gasteiger partial charge in [-0.2, -0.15) is 0 Å². The molecular weight excluding hydrogens is 354 g/mol. The van der Waals surface area contributed by atoms with Gasteiger partial charge < -0.3 is 19.5 Å². The summed E-state index contributed by atoms with van der Waals surface area (Å²) in [5.41, 5.74) is 3.89. The summed E-state index contributed by atoms with van der Waals surface area (Å²) in [5, 5.41) is 4.93. The summed E-state index contributed by atoms with van der Waals surface area (Å²) in [6.45, 7) is 3.63. The Balaban J connectivity index is 1.76. The average Bonchev–Trinajstić information content (AvgIpc) is 3.21. The summed E-state index contributed by atoms with van der Waals surface area (Å²) >= 11 is 0. The Morgan fingerprint density at radius 2 is 1.96 bits per heavy atom. The summed E-state index contributed by atoms with van der Waals surface area (Å²) in [6.07, 6.45) is 1.75. The highest BCUT2D eigenvalue weighted by molar-refractivity contribution is 6.10. The van der Waals surface area contributed by atoms with E-state index in [1.54, 1.807) is 0 Å². The first-order valence-corrected chi connectivity index (χ1v) is 9.66. The van der Waals surface area contributed by atoms with Crippen molar-refractivity contribution in [3.8, 4) is 28.4 Å². The zero-order valence-electron chi connectivity index (χ0n) is 15.7.